The molecule has 82 valence electrons. The summed E-state index contributed by atoms with van der Waals surface area (Å²) in [5.41, 5.74) is 5.57. The number of ether oxygens (including phenoxy) is 2. The third-order valence-corrected chi connectivity index (χ3v) is 2.25. The fourth-order valence-electron chi connectivity index (χ4n) is 1.21. The van der Waals surface area contributed by atoms with Gasteiger partial charge in [0, 0.05) is 6.07 Å². The lowest BCUT2D eigenvalue weighted by atomic mass is 10.1. The molecule has 0 amide bonds. The molecule has 0 aliphatic carbocycles. The van der Waals surface area contributed by atoms with E-state index in [1.807, 2.05) is 0 Å². The van der Waals surface area contributed by atoms with E-state index in [9.17, 15) is 4.79 Å². The van der Waals surface area contributed by atoms with Crippen LogP contribution in [0.15, 0.2) is 12.1 Å². The van der Waals surface area contributed by atoms with E-state index in [1.54, 1.807) is 12.1 Å². The van der Waals surface area contributed by atoms with E-state index < -0.39 is 0 Å². The van der Waals surface area contributed by atoms with Crippen LogP contribution in [-0.4, -0.2) is 26.5 Å². The van der Waals surface area contributed by atoms with Crippen LogP contribution in [0, 0.1) is 0 Å². The van der Waals surface area contributed by atoms with Crippen molar-refractivity contribution < 1.29 is 14.3 Å². The van der Waals surface area contributed by atoms with Gasteiger partial charge in [0.1, 0.15) is 11.5 Å². The fraction of sp³-hybridized carbons (Fsp3) is 0.300. The standard InChI is InChI=1S/C10H12ClNO3/c1-14-6-3-7(11)10(8(13)5-12)9(4-6)15-2/h3-4H,5,12H2,1-2H3. The Balaban J connectivity index is 3.30. The van der Waals surface area contributed by atoms with Gasteiger partial charge >= 0.3 is 0 Å². The number of hydrogen-bond donors (Lipinski definition) is 1. The number of Topliss-reactive ketones (excluding diaryl/α,β-unsaturated/α-hetero) is 1. The molecule has 1 rings (SSSR count). The van der Waals surface area contributed by atoms with Crippen LogP contribution in [0.4, 0.5) is 0 Å². The molecule has 0 aromatic heterocycles. The Hall–Kier alpha value is -1.26. The van der Waals surface area contributed by atoms with Gasteiger partial charge in [-0.3, -0.25) is 4.79 Å². The number of hydrogen-bond acceptors (Lipinski definition) is 4. The quantitative estimate of drug-likeness (QED) is 0.795. The van der Waals surface area contributed by atoms with Crippen molar-refractivity contribution in [1.29, 1.82) is 0 Å². The van der Waals surface area contributed by atoms with Crippen LogP contribution in [0.1, 0.15) is 10.4 Å². The summed E-state index contributed by atoms with van der Waals surface area (Å²) in [6.07, 6.45) is 0. The third-order valence-electron chi connectivity index (χ3n) is 1.95. The molecule has 0 atom stereocenters. The fourth-order valence-corrected chi connectivity index (χ4v) is 1.52. The van der Waals surface area contributed by atoms with E-state index >= 15 is 0 Å². The summed E-state index contributed by atoms with van der Waals surface area (Å²) >= 11 is 5.93. The molecule has 1 aromatic carbocycles. The van der Waals surface area contributed by atoms with Gasteiger partial charge in [0.05, 0.1) is 31.4 Å². The topological polar surface area (TPSA) is 61.5 Å². The van der Waals surface area contributed by atoms with Crippen LogP contribution in [0.3, 0.4) is 0 Å². The van der Waals surface area contributed by atoms with Gasteiger partial charge in [0.15, 0.2) is 5.78 Å². The summed E-state index contributed by atoms with van der Waals surface area (Å²) in [4.78, 5) is 11.5. The number of benzene rings is 1. The number of ketones is 1. The minimum absolute atomic E-state index is 0.109. The van der Waals surface area contributed by atoms with E-state index in [0.717, 1.165) is 0 Å². The number of carbonyl (C=O) groups is 1. The maximum absolute atomic E-state index is 11.5. The van der Waals surface area contributed by atoms with Crippen LogP contribution in [0.25, 0.3) is 0 Å². The first kappa shape index (κ1) is 11.8. The first-order valence-corrected chi connectivity index (χ1v) is 4.66. The van der Waals surface area contributed by atoms with E-state index in [2.05, 4.69) is 0 Å². The Morgan fingerprint density at radius 2 is 2.07 bits per heavy atom. The van der Waals surface area contributed by atoms with Crippen molar-refractivity contribution in [2.24, 2.45) is 5.73 Å². The molecule has 0 heterocycles. The normalized spacial score (nSPS) is 9.87. The molecule has 2 N–H and O–H groups in total. The summed E-state index contributed by atoms with van der Waals surface area (Å²) in [6.45, 7) is -0.109. The van der Waals surface area contributed by atoms with Crippen molar-refractivity contribution in [3.63, 3.8) is 0 Å². The first-order valence-electron chi connectivity index (χ1n) is 4.28. The summed E-state index contributed by atoms with van der Waals surface area (Å²) in [5, 5.41) is 0.279. The number of carbonyl (C=O) groups excluding carboxylic acids is 1. The molecule has 0 bridgehead atoms. The maximum atomic E-state index is 11.5. The summed E-state index contributed by atoms with van der Waals surface area (Å²) < 4.78 is 10.0. The molecule has 0 aliphatic heterocycles. The zero-order valence-corrected chi connectivity index (χ0v) is 9.30. The number of nitrogens with two attached hydrogens (primary N) is 1. The molecular formula is C10H12ClNO3. The Bertz CT molecular complexity index is 379. The summed E-state index contributed by atoms with van der Waals surface area (Å²) in [5.74, 6) is 0.639. The molecule has 0 fully saturated rings. The maximum Gasteiger partial charge on any atom is 0.181 e. The number of methoxy groups -OCH3 is 2. The molecule has 1 aromatic rings. The summed E-state index contributed by atoms with van der Waals surface area (Å²) in [7, 11) is 2.97. The minimum atomic E-state index is -0.264. The lowest BCUT2D eigenvalue weighted by molar-refractivity contribution is 0.0998. The van der Waals surface area contributed by atoms with Crippen molar-refractivity contribution in [2.75, 3.05) is 20.8 Å². The number of rotatable bonds is 4. The molecule has 4 nitrogen and oxygen atoms in total. The highest BCUT2D eigenvalue weighted by atomic mass is 35.5. The second-order valence-corrected chi connectivity index (χ2v) is 3.22. The van der Waals surface area contributed by atoms with Crippen LogP contribution in [0.2, 0.25) is 5.02 Å². The molecule has 0 radical (unpaired) electrons. The van der Waals surface area contributed by atoms with Gasteiger partial charge in [0.2, 0.25) is 0 Å². The zero-order chi connectivity index (χ0) is 11.4. The zero-order valence-electron chi connectivity index (χ0n) is 8.54. The Kier molecular flexibility index (Phi) is 3.94. The predicted octanol–water partition coefficient (Wildman–Crippen LogP) is 1.50. The van der Waals surface area contributed by atoms with E-state index in [0.29, 0.717) is 17.1 Å². The lowest BCUT2D eigenvalue weighted by Crippen LogP contribution is -2.15. The van der Waals surface area contributed by atoms with Gasteiger partial charge in [-0.05, 0) is 6.07 Å². The predicted molar refractivity (Wildman–Crippen MR) is 57.9 cm³/mol. The molecule has 0 spiro atoms. The molecular weight excluding hydrogens is 218 g/mol. The van der Waals surface area contributed by atoms with Gasteiger partial charge in [0.25, 0.3) is 0 Å². The highest BCUT2D eigenvalue weighted by Crippen LogP contribution is 2.32. The van der Waals surface area contributed by atoms with Crippen LogP contribution >= 0.6 is 11.6 Å². The Morgan fingerprint density at radius 1 is 1.40 bits per heavy atom. The molecule has 0 aliphatic rings. The highest BCUT2D eigenvalue weighted by Gasteiger charge is 2.16. The number of halogens is 1. The van der Waals surface area contributed by atoms with Crippen molar-refractivity contribution in [1.82, 2.24) is 0 Å². The average molecular weight is 230 g/mol. The van der Waals surface area contributed by atoms with Gasteiger partial charge < -0.3 is 15.2 Å². The minimum Gasteiger partial charge on any atom is -0.497 e. The van der Waals surface area contributed by atoms with Crippen LogP contribution < -0.4 is 15.2 Å². The second-order valence-electron chi connectivity index (χ2n) is 2.81. The van der Waals surface area contributed by atoms with Gasteiger partial charge in [-0.1, -0.05) is 11.6 Å². The van der Waals surface area contributed by atoms with Crippen molar-refractivity contribution in [3.05, 3.63) is 22.7 Å². The van der Waals surface area contributed by atoms with Gasteiger partial charge in [-0.25, -0.2) is 0 Å². The van der Waals surface area contributed by atoms with E-state index in [-0.39, 0.29) is 17.4 Å². The van der Waals surface area contributed by atoms with Crippen molar-refractivity contribution in [3.8, 4) is 11.5 Å². The first-order chi connectivity index (χ1) is 7.13. The van der Waals surface area contributed by atoms with Crippen molar-refractivity contribution >= 4 is 17.4 Å². The van der Waals surface area contributed by atoms with E-state index in [4.69, 9.17) is 26.8 Å². The third kappa shape index (κ3) is 2.40. The summed E-state index contributed by atoms with van der Waals surface area (Å²) in [6, 6.07) is 3.14. The molecule has 0 saturated carbocycles. The molecule has 0 unspecified atom stereocenters. The SMILES string of the molecule is COc1cc(Cl)c(C(=O)CN)c(OC)c1. The average Bonchev–Trinajstić information content (AvgIpc) is 2.26. The van der Waals surface area contributed by atoms with E-state index in [1.165, 1.54) is 14.2 Å². The highest BCUT2D eigenvalue weighted by molar-refractivity contribution is 6.34. The molecule has 15 heavy (non-hydrogen) atoms. The Morgan fingerprint density at radius 3 is 2.53 bits per heavy atom. The largest absolute Gasteiger partial charge is 0.497 e. The van der Waals surface area contributed by atoms with Crippen LogP contribution in [-0.2, 0) is 0 Å². The molecule has 0 saturated heterocycles. The van der Waals surface area contributed by atoms with Crippen molar-refractivity contribution in [2.45, 2.75) is 0 Å². The Labute approximate surface area is 92.9 Å². The van der Waals surface area contributed by atoms with Crippen LogP contribution in [0.5, 0.6) is 11.5 Å². The lowest BCUT2D eigenvalue weighted by Gasteiger charge is -2.10. The molecule has 5 heteroatoms. The monoisotopic (exact) mass is 229 g/mol. The van der Waals surface area contributed by atoms with Gasteiger partial charge in [-0.15, -0.1) is 0 Å². The van der Waals surface area contributed by atoms with Gasteiger partial charge in [-0.2, -0.15) is 0 Å². The second kappa shape index (κ2) is 5.00. The smallest absolute Gasteiger partial charge is 0.181 e.